The van der Waals surface area contributed by atoms with Gasteiger partial charge in [-0.3, -0.25) is 9.69 Å². The number of benzene rings is 2. The first kappa shape index (κ1) is 22.0. The fraction of sp³-hybridized carbons (Fsp3) is 0.417. The van der Waals surface area contributed by atoms with Crippen molar-refractivity contribution in [3.63, 3.8) is 0 Å². The molecule has 1 amide bonds. The molecule has 3 N–H and O–H groups in total. The third-order valence-corrected chi connectivity index (χ3v) is 6.98. The summed E-state index contributed by atoms with van der Waals surface area (Å²) in [5.41, 5.74) is 5.90. The third kappa shape index (κ3) is 3.57. The van der Waals surface area contributed by atoms with Crippen molar-refractivity contribution in [1.29, 1.82) is 0 Å². The Morgan fingerprint density at radius 3 is 2.50 bits per heavy atom. The SMILES string of the molecule is CN1C(=O)C(C)(C)[C@@](C)(c2cc(NC3CCN(c4ccc(F)cc4)C3)ccc2F)N=C1N. The van der Waals surface area contributed by atoms with Gasteiger partial charge in [0.15, 0.2) is 5.96 Å². The Bertz CT molecular complexity index is 1070. The van der Waals surface area contributed by atoms with Crippen molar-refractivity contribution in [3.05, 3.63) is 59.7 Å². The lowest BCUT2D eigenvalue weighted by molar-refractivity contribution is -0.140. The first-order valence-electron chi connectivity index (χ1n) is 10.7. The minimum absolute atomic E-state index is 0.0697. The van der Waals surface area contributed by atoms with Crippen LogP contribution in [0.15, 0.2) is 47.5 Å². The Hall–Kier alpha value is -3.16. The highest BCUT2D eigenvalue weighted by Gasteiger charge is 2.53. The van der Waals surface area contributed by atoms with Gasteiger partial charge in [0.2, 0.25) is 5.91 Å². The molecular formula is C24H29F2N5O. The van der Waals surface area contributed by atoms with Crippen LogP contribution in [-0.4, -0.2) is 42.9 Å². The molecule has 0 aliphatic carbocycles. The second-order valence-corrected chi connectivity index (χ2v) is 9.28. The van der Waals surface area contributed by atoms with E-state index in [-0.39, 0.29) is 23.7 Å². The maximum atomic E-state index is 15.0. The maximum absolute atomic E-state index is 15.0. The van der Waals surface area contributed by atoms with Gasteiger partial charge in [0.1, 0.15) is 17.2 Å². The van der Waals surface area contributed by atoms with Gasteiger partial charge in [-0.05, 0) is 69.7 Å². The van der Waals surface area contributed by atoms with Crippen LogP contribution in [0.5, 0.6) is 0 Å². The molecule has 0 spiro atoms. The van der Waals surface area contributed by atoms with Crippen LogP contribution in [0.3, 0.4) is 0 Å². The number of rotatable bonds is 4. The van der Waals surface area contributed by atoms with Crippen LogP contribution in [0.2, 0.25) is 0 Å². The summed E-state index contributed by atoms with van der Waals surface area (Å²) in [6.45, 7) is 6.86. The standard InChI is InChI=1S/C24H29F2N5O/c1-23(2)21(32)30(4)22(27)29-24(23,3)19-13-16(7-10-20(19)26)28-17-11-12-31(14-17)18-8-5-15(25)6-9-18/h5-10,13,17,28H,11-12,14H2,1-4H3,(H2,27,29)/t17?,24-/m1/s1. The van der Waals surface area contributed by atoms with Crippen LogP contribution in [-0.2, 0) is 10.3 Å². The predicted molar refractivity (Wildman–Crippen MR) is 123 cm³/mol. The fourth-order valence-electron chi connectivity index (χ4n) is 4.56. The highest BCUT2D eigenvalue weighted by atomic mass is 19.1. The second kappa shape index (κ2) is 7.76. The summed E-state index contributed by atoms with van der Waals surface area (Å²) in [5.74, 6) is -0.829. The quantitative estimate of drug-likeness (QED) is 0.759. The van der Waals surface area contributed by atoms with Gasteiger partial charge in [0, 0.05) is 43.1 Å². The number of amides is 1. The average Bonchev–Trinajstić information content (AvgIpc) is 3.21. The van der Waals surface area contributed by atoms with Crippen molar-refractivity contribution in [2.75, 3.05) is 30.4 Å². The zero-order chi connectivity index (χ0) is 23.3. The number of hydrogen-bond donors (Lipinski definition) is 2. The monoisotopic (exact) mass is 441 g/mol. The molecule has 2 aromatic rings. The molecule has 170 valence electrons. The maximum Gasteiger partial charge on any atom is 0.237 e. The Morgan fingerprint density at radius 1 is 1.12 bits per heavy atom. The molecule has 0 saturated carbocycles. The molecule has 0 bridgehead atoms. The van der Waals surface area contributed by atoms with E-state index in [9.17, 15) is 9.18 Å². The largest absolute Gasteiger partial charge is 0.380 e. The van der Waals surface area contributed by atoms with E-state index in [4.69, 9.17) is 5.73 Å². The predicted octanol–water partition coefficient (Wildman–Crippen LogP) is 3.68. The number of hydrogen-bond acceptors (Lipinski definition) is 5. The molecule has 2 aromatic carbocycles. The van der Waals surface area contributed by atoms with Gasteiger partial charge in [0.05, 0.1) is 5.41 Å². The van der Waals surface area contributed by atoms with Crippen LogP contribution in [0.4, 0.5) is 20.2 Å². The minimum atomic E-state index is -1.15. The number of nitrogens with one attached hydrogen (secondary N) is 1. The number of anilines is 2. The van der Waals surface area contributed by atoms with E-state index >= 15 is 4.39 Å². The van der Waals surface area contributed by atoms with Crippen molar-refractivity contribution in [2.45, 2.75) is 38.8 Å². The number of halogens is 2. The Morgan fingerprint density at radius 2 is 1.81 bits per heavy atom. The minimum Gasteiger partial charge on any atom is -0.380 e. The molecule has 1 fully saturated rings. The lowest BCUT2D eigenvalue weighted by Crippen LogP contribution is -2.58. The van der Waals surface area contributed by atoms with E-state index in [1.54, 1.807) is 52.1 Å². The topological polar surface area (TPSA) is 74.0 Å². The molecule has 4 rings (SSSR count). The molecule has 6 nitrogen and oxygen atoms in total. The van der Waals surface area contributed by atoms with Crippen LogP contribution in [0, 0.1) is 17.0 Å². The van der Waals surface area contributed by atoms with E-state index in [0.29, 0.717) is 5.56 Å². The van der Waals surface area contributed by atoms with Crippen molar-refractivity contribution in [3.8, 4) is 0 Å². The van der Waals surface area contributed by atoms with Crippen LogP contribution in [0.1, 0.15) is 32.8 Å². The molecule has 8 heteroatoms. The van der Waals surface area contributed by atoms with E-state index in [0.717, 1.165) is 30.9 Å². The summed E-state index contributed by atoms with van der Waals surface area (Å²) in [5, 5.41) is 3.48. The van der Waals surface area contributed by atoms with Crippen molar-refractivity contribution >= 4 is 23.2 Å². The highest BCUT2D eigenvalue weighted by Crippen LogP contribution is 2.47. The summed E-state index contributed by atoms with van der Waals surface area (Å²) in [6, 6.07) is 11.4. The molecule has 2 aliphatic rings. The number of nitrogens with two attached hydrogens (primary N) is 1. The Labute approximate surface area is 187 Å². The molecule has 2 aliphatic heterocycles. The number of guanidine groups is 1. The van der Waals surface area contributed by atoms with Gasteiger partial charge in [-0.25, -0.2) is 13.8 Å². The van der Waals surface area contributed by atoms with E-state index in [1.807, 2.05) is 0 Å². The summed E-state index contributed by atoms with van der Waals surface area (Å²) in [4.78, 5) is 21.0. The normalized spacial score (nSPS) is 25.1. The van der Waals surface area contributed by atoms with Crippen molar-refractivity contribution in [1.82, 2.24) is 4.90 Å². The van der Waals surface area contributed by atoms with Gasteiger partial charge in [-0.15, -0.1) is 0 Å². The molecule has 1 unspecified atom stereocenters. The van der Waals surface area contributed by atoms with E-state index in [2.05, 4.69) is 15.2 Å². The summed E-state index contributed by atoms with van der Waals surface area (Å²) >= 11 is 0. The average molecular weight is 442 g/mol. The fourth-order valence-corrected chi connectivity index (χ4v) is 4.56. The molecular weight excluding hydrogens is 412 g/mol. The number of carbonyl (C=O) groups excluding carboxylic acids is 1. The molecule has 0 radical (unpaired) electrons. The van der Waals surface area contributed by atoms with Crippen LogP contribution < -0.4 is 16.0 Å². The summed E-state index contributed by atoms with van der Waals surface area (Å²) < 4.78 is 28.2. The first-order valence-corrected chi connectivity index (χ1v) is 10.7. The van der Waals surface area contributed by atoms with Crippen LogP contribution in [0.25, 0.3) is 0 Å². The smallest absolute Gasteiger partial charge is 0.237 e. The molecule has 2 heterocycles. The lowest BCUT2D eigenvalue weighted by atomic mass is 9.67. The zero-order valence-electron chi connectivity index (χ0n) is 18.8. The first-order chi connectivity index (χ1) is 15.0. The van der Waals surface area contributed by atoms with Crippen molar-refractivity contribution in [2.24, 2.45) is 16.1 Å². The molecule has 32 heavy (non-hydrogen) atoms. The van der Waals surface area contributed by atoms with Crippen LogP contribution >= 0.6 is 0 Å². The summed E-state index contributed by atoms with van der Waals surface area (Å²) in [7, 11) is 1.57. The Kier molecular flexibility index (Phi) is 5.35. The molecule has 1 saturated heterocycles. The van der Waals surface area contributed by atoms with E-state index < -0.39 is 16.8 Å². The molecule has 2 atom stereocenters. The van der Waals surface area contributed by atoms with E-state index in [1.165, 1.54) is 23.1 Å². The van der Waals surface area contributed by atoms with Gasteiger partial charge >= 0.3 is 0 Å². The van der Waals surface area contributed by atoms with Gasteiger partial charge < -0.3 is 16.0 Å². The summed E-state index contributed by atoms with van der Waals surface area (Å²) in [6.07, 6.45) is 0.890. The number of carbonyl (C=O) groups is 1. The third-order valence-electron chi connectivity index (χ3n) is 6.98. The Balaban J connectivity index is 1.59. The molecule has 0 aromatic heterocycles. The van der Waals surface area contributed by atoms with Gasteiger partial charge in [-0.2, -0.15) is 0 Å². The van der Waals surface area contributed by atoms with Crippen molar-refractivity contribution < 1.29 is 13.6 Å². The zero-order valence-corrected chi connectivity index (χ0v) is 18.8. The lowest BCUT2D eigenvalue weighted by Gasteiger charge is -2.46. The highest BCUT2D eigenvalue weighted by molar-refractivity contribution is 6.01. The van der Waals surface area contributed by atoms with Gasteiger partial charge in [-0.1, -0.05) is 0 Å². The number of nitrogens with zero attached hydrogens (tertiary/aromatic N) is 3. The van der Waals surface area contributed by atoms with Gasteiger partial charge in [0.25, 0.3) is 0 Å². The second-order valence-electron chi connectivity index (χ2n) is 9.28. The number of aliphatic imine (C=N–C) groups is 1.